The van der Waals surface area contributed by atoms with E-state index in [1.807, 2.05) is 4.90 Å². The van der Waals surface area contributed by atoms with Gasteiger partial charge in [-0.2, -0.15) is 0 Å². The first-order chi connectivity index (χ1) is 13.8. The number of amides is 3. The second-order valence-electron chi connectivity index (χ2n) is 8.05. The maximum atomic E-state index is 12.9. The molecule has 8 nitrogen and oxygen atoms in total. The number of hydrogen-bond acceptors (Lipinski definition) is 5. The summed E-state index contributed by atoms with van der Waals surface area (Å²) in [6.07, 6.45) is 2.16. The molecule has 2 atom stereocenters. The molecule has 0 saturated carbocycles. The van der Waals surface area contributed by atoms with E-state index in [9.17, 15) is 14.4 Å². The molecule has 1 aromatic carbocycles. The number of hydrazine groups is 1. The van der Waals surface area contributed by atoms with Crippen molar-refractivity contribution in [2.45, 2.75) is 58.2 Å². The molecule has 2 unspecified atom stereocenters. The van der Waals surface area contributed by atoms with Gasteiger partial charge in [0.25, 0.3) is 0 Å². The Labute approximate surface area is 171 Å². The van der Waals surface area contributed by atoms with E-state index in [-0.39, 0.29) is 42.4 Å². The van der Waals surface area contributed by atoms with Gasteiger partial charge in [-0.3, -0.25) is 14.4 Å². The van der Waals surface area contributed by atoms with Crippen LogP contribution in [0.15, 0.2) is 18.2 Å². The van der Waals surface area contributed by atoms with Gasteiger partial charge in [-0.05, 0) is 49.8 Å². The monoisotopic (exact) mass is 401 g/mol. The van der Waals surface area contributed by atoms with Crippen LogP contribution in [0.1, 0.15) is 48.9 Å². The number of benzene rings is 1. The molecule has 0 radical (unpaired) electrons. The molecule has 3 rings (SSSR count). The van der Waals surface area contributed by atoms with Crippen molar-refractivity contribution in [2.75, 3.05) is 19.6 Å². The first-order valence-electron chi connectivity index (χ1n) is 10.2. The second kappa shape index (κ2) is 9.37. The van der Waals surface area contributed by atoms with Crippen molar-refractivity contribution in [1.29, 1.82) is 0 Å². The Morgan fingerprint density at radius 1 is 1.10 bits per heavy atom. The van der Waals surface area contributed by atoms with Crippen LogP contribution in [-0.4, -0.2) is 54.3 Å². The Morgan fingerprint density at radius 3 is 2.48 bits per heavy atom. The minimum Gasteiger partial charge on any atom is -0.352 e. The summed E-state index contributed by atoms with van der Waals surface area (Å²) >= 11 is 0. The molecule has 1 aromatic rings. The predicted molar refractivity (Wildman–Crippen MR) is 110 cm³/mol. The fraction of sp³-hybridized carbons (Fsp3) is 0.571. The number of likely N-dealkylation sites (tertiary alicyclic amines) is 1. The zero-order valence-electron chi connectivity index (χ0n) is 17.4. The van der Waals surface area contributed by atoms with E-state index in [2.05, 4.69) is 53.5 Å². The summed E-state index contributed by atoms with van der Waals surface area (Å²) in [6, 6.07) is 6.33. The Bertz CT molecular complexity index is 774. The molecule has 0 spiro atoms. The van der Waals surface area contributed by atoms with Crippen molar-refractivity contribution in [3.63, 3.8) is 0 Å². The summed E-state index contributed by atoms with van der Waals surface area (Å²) in [5.74, 6) is -0.313. The van der Waals surface area contributed by atoms with E-state index in [1.165, 1.54) is 23.6 Å². The third-order valence-electron chi connectivity index (χ3n) is 5.80. The van der Waals surface area contributed by atoms with Gasteiger partial charge in [0, 0.05) is 32.1 Å². The molecule has 2 heterocycles. The summed E-state index contributed by atoms with van der Waals surface area (Å²) in [4.78, 5) is 37.5. The number of hydrogen-bond donors (Lipinski definition) is 4. The minimum absolute atomic E-state index is 0.00792. The fourth-order valence-corrected chi connectivity index (χ4v) is 3.87. The lowest BCUT2D eigenvalue weighted by atomic mass is 9.97. The lowest BCUT2D eigenvalue weighted by Gasteiger charge is -2.33. The molecule has 0 aliphatic carbocycles. The predicted octanol–water partition coefficient (Wildman–Crippen LogP) is 0.454. The highest BCUT2D eigenvalue weighted by molar-refractivity contribution is 5.84. The van der Waals surface area contributed by atoms with Gasteiger partial charge in [0.05, 0.1) is 6.54 Å². The van der Waals surface area contributed by atoms with Gasteiger partial charge in [0.2, 0.25) is 17.7 Å². The van der Waals surface area contributed by atoms with E-state index in [1.54, 1.807) is 0 Å². The number of piperidine rings is 1. The molecule has 158 valence electrons. The Morgan fingerprint density at radius 2 is 1.83 bits per heavy atom. The van der Waals surface area contributed by atoms with Crippen molar-refractivity contribution in [1.82, 2.24) is 26.4 Å². The molecule has 29 heavy (non-hydrogen) atoms. The highest BCUT2D eigenvalue weighted by Crippen LogP contribution is 2.25. The average Bonchev–Trinajstić information content (AvgIpc) is 3.19. The number of carbonyl (C=O) groups is 3. The van der Waals surface area contributed by atoms with Crippen molar-refractivity contribution in [2.24, 2.45) is 0 Å². The summed E-state index contributed by atoms with van der Waals surface area (Å²) in [6.45, 7) is 6.81. The number of rotatable bonds is 5. The van der Waals surface area contributed by atoms with Crippen molar-refractivity contribution in [3.05, 3.63) is 34.9 Å². The summed E-state index contributed by atoms with van der Waals surface area (Å²) in [7, 11) is 0. The molecule has 3 amide bonds. The van der Waals surface area contributed by atoms with Crippen LogP contribution in [0, 0.1) is 13.8 Å². The topological polar surface area (TPSA) is 103 Å². The molecular weight excluding hydrogens is 370 g/mol. The molecule has 8 heteroatoms. The van der Waals surface area contributed by atoms with Gasteiger partial charge < -0.3 is 15.5 Å². The number of nitrogens with zero attached hydrogens (tertiary/aromatic N) is 1. The van der Waals surface area contributed by atoms with E-state index < -0.39 is 0 Å². The van der Waals surface area contributed by atoms with Crippen molar-refractivity contribution < 1.29 is 14.4 Å². The zero-order valence-corrected chi connectivity index (χ0v) is 17.4. The van der Waals surface area contributed by atoms with E-state index in [0.29, 0.717) is 19.5 Å². The van der Waals surface area contributed by atoms with Gasteiger partial charge in [-0.15, -0.1) is 0 Å². The first-order valence-corrected chi connectivity index (χ1v) is 10.2. The maximum Gasteiger partial charge on any atom is 0.241 e. The molecular formula is C21H31N5O3. The maximum absolute atomic E-state index is 12.9. The van der Waals surface area contributed by atoms with Crippen LogP contribution < -0.4 is 21.5 Å². The van der Waals surface area contributed by atoms with Crippen LogP contribution in [-0.2, 0) is 14.4 Å². The fourth-order valence-electron chi connectivity index (χ4n) is 3.87. The SMILES string of the molecule is CC(=O)NCC(=O)NC1CCN(C(=O)C2CC(c3ccc(C)c(C)c3)NN2)CC1. The van der Waals surface area contributed by atoms with Gasteiger partial charge in [-0.1, -0.05) is 18.2 Å². The Balaban J connectivity index is 1.45. The van der Waals surface area contributed by atoms with Gasteiger partial charge in [0.1, 0.15) is 6.04 Å². The third-order valence-corrected chi connectivity index (χ3v) is 5.80. The van der Waals surface area contributed by atoms with E-state index in [0.717, 1.165) is 12.8 Å². The Kier molecular flexibility index (Phi) is 6.87. The zero-order chi connectivity index (χ0) is 21.0. The molecule has 2 saturated heterocycles. The van der Waals surface area contributed by atoms with Crippen LogP contribution in [0.4, 0.5) is 0 Å². The quantitative estimate of drug-likeness (QED) is 0.574. The molecule has 2 aliphatic rings. The summed E-state index contributed by atoms with van der Waals surface area (Å²) in [5.41, 5.74) is 10.1. The minimum atomic E-state index is -0.243. The van der Waals surface area contributed by atoms with Gasteiger partial charge in [0.15, 0.2) is 0 Å². The highest BCUT2D eigenvalue weighted by Gasteiger charge is 2.34. The molecule has 2 aliphatic heterocycles. The second-order valence-corrected chi connectivity index (χ2v) is 8.05. The van der Waals surface area contributed by atoms with E-state index >= 15 is 0 Å². The van der Waals surface area contributed by atoms with E-state index in [4.69, 9.17) is 0 Å². The van der Waals surface area contributed by atoms with Crippen LogP contribution >= 0.6 is 0 Å². The molecule has 0 bridgehead atoms. The van der Waals surface area contributed by atoms with Crippen LogP contribution in [0.3, 0.4) is 0 Å². The smallest absolute Gasteiger partial charge is 0.241 e. The first kappa shape index (κ1) is 21.3. The van der Waals surface area contributed by atoms with Crippen molar-refractivity contribution in [3.8, 4) is 0 Å². The normalized spacial score (nSPS) is 22.4. The summed E-state index contributed by atoms with van der Waals surface area (Å²) < 4.78 is 0. The summed E-state index contributed by atoms with van der Waals surface area (Å²) in [5, 5.41) is 5.41. The van der Waals surface area contributed by atoms with Crippen molar-refractivity contribution >= 4 is 17.7 Å². The van der Waals surface area contributed by atoms with Crippen LogP contribution in [0.2, 0.25) is 0 Å². The Hall–Kier alpha value is -2.45. The molecule has 2 fully saturated rings. The molecule has 4 N–H and O–H groups in total. The van der Waals surface area contributed by atoms with Gasteiger partial charge >= 0.3 is 0 Å². The van der Waals surface area contributed by atoms with Gasteiger partial charge in [-0.25, -0.2) is 10.9 Å². The standard InChI is InChI=1S/C21H31N5O3/c1-13-4-5-16(10-14(13)2)18-11-19(25-24-18)21(29)26-8-6-17(7-9-26)23-20(28)12-22-15(3)27/h4-5,10,17-19,24-25H,6-9,11-12H2,1-3H3,(H,22,27)(H,23,28). The lowest BCUT2D eigenvalue weighted by Crippen LogP contribution is -2.52. The lowest BCUT2D eigenvalue weighted by molar-refractivity contribution is -0.134. The average molecular weight is 402 g/mol. The highest BCUT2D eigenvalue weighted by atomic mass is 16.2. The largest absolute Gasteiger partial charge is 0.352 e. The van der Waals surface area contributed by atoms with Crippen LogP contribution in [0.5, 0.6) is 0 Å². The number of nitrogens with one attached hydrogen (secondary N) is 4. The number of carbonyl (C=O) groups excluding carboxylic acids is 3. The number of aryl methyl sites for hydroxylation is 2. The van der Waals surface area contributed by atoms with Crippen LogP contribution in [0.25, 0.3) is 0 Å². The third kappa shape index (κ3) is 5.55. The molecule has 0 aromatic heterocycles.